The van der Waals surface area contributed by atoms with Gasteiger partial charge in [-0.15, -0.1) is 0 Å². The lowest BCUT2D eigenvalue weighted by atomic mass is 9.67. The number of aromatic hydroxyl groups is 4. The average Bonchev–Trinajstić information content (AvgIpc) is 2.87. The van der Waals surface area contributed by atoms with Gasteiger partial charge in [0.05, 0.1) is 16.0 Å². The zero-order valence-electron chi connectivity index (χ0n) is 22.3. The highest BCUT2D eigenvalue weighted by molar-refractivity contribution is 6.16. The first kappa shape index (κ1) is 26.2. The van der Waals surface area contributed by atoms with E-state index in [1.807, 2.05) is 0 Å². The van der Waals surface area contributed by atoms with E-state index < -0.39 is 46.2 Å². The van der Waals surface area contributed by atoms with E-state index in [1.54, 1.807) is 19.9 Å². The lowest BCUT2D eigenvalue weighted by Gasteiger charge is -2.36. The Bertz CT molecular complexity index is 2120. The summed E-state index contributed by atoms with van der Waals surface area (Å²) < 4.78 is 6.04. The standard InChI is InChI=1S/C32H26O9/c1-12(10-18(37)25-15(34)6-4-7-16(25)35)22-13(2)23-30-27(32(40)24(14(3)33)31(23)39)19(38)11-21-28(30)29(22)26-17(36)8-5-9-20(26)41-21/h4-9,11-13,22,33-35,39-40H,10H2,1-3H3/b24-14-/t12-,13-,22-/m1/s1. The number of phenols is 4. The number of fused-ring (bicyclic) bond motifs is 2. The van der Waals surface area contributed by atoms with E-state index in [1.165, 1.54) is 43.3 Å². The molecule has 1 aliphatic rings. The molecule has 0 spiro atoms. The first-order chi connectivity index (χ1) is 19.4. The molecule has 5 aromatic rings. The first-order valence-corrected chi connectivity index (χ1v) is 13.1. The van der Waals surface area contributed by atoms with Gasteiger partial charge in [-0.05, 0) is 54.5 Å². The third kappa shape index (κ3) is 3.58. The molecule has 0 saturated carbocycles. The Hall–Kier alpha value is -5.05. The second-order valence-electron chi connectivity index (χ2n) is 10.8. The quantitative estimate of drug-likeness (QED) is 0.119. The average molecular weight is 555 g/mol. The number of aliphatic hydroxyl groups excluding tert-OH is 1. The molecule has 9 heteroatoms. The lowest BCUT2D eigenvalue weighted by molar-refractivity contribution is 0.0951. The predicted molar refractivity (Wildman–Crippen MR) is 153 cm³/mol. The van der Waals surface area contributed by atoms with Crippen molar-refractivity contribution in [3.05, 3.63) is 84.8 Å². The Kier molecular flexibility index (Phi) is 5.74. The highest BCUT2D eigenvalue weighted by Gasteiger charge is 2.40. The minimum absolute atomic E-state index is 0.124. The van der Waals surface area contributed by atoms with Gasteiger partial charge in [0.25, 0.3) is 0 Å². The maximum Gasteiger partial charge on any atom is 0.193 e. The molecule has 1 aromatic heterocycles. The minimum Gasteiger partial charge on any atom is -0.512 e. The van der Waals surface area contributed by atoms with Crippen LogP contribution in [0.2, 0.25) is 0 Å². The van der Waals surface area contributed by atoms with Crippen molar-refractivity contribution in [1.82, 2.24) is 0 Å². The number of Topliss-reactive ketones (excluding diaryl/α,β-unsaturated/α-hetero) is 1. The summed E-state index contributed by atoms with van der Waals surface area (Å²) in [5.74, 6) is -4.42. The van der Waals surface area contributed by atoms with Gasteiger partial charge in [0.2, 0.25) is 0 Å². The van der Waals surface area contributed by atoms with Crippen LogP contribution in [0.5, 0.6) is 23.0 Å². The Labute approximate surface area is 231 Å². The third-order valence-corrected chi connectivity index (χ3v) is 8.35. The number of ketones is 1. The molecule has 5 N–H and O–H groups in total. The monoisotopic (exact) mass is 554 g/mol. The van der Waals surface area contributed by atoms with E-state index in [0.717, 1.165) is 0 Å². The second-order valence-corrected chi connectivity index (χ2v) is 10.8. The van der Waals surface area contributed by atoms with E-state index in [-0.39, 0.29) is 67.0 Å². The van der Waals surface area contributed by atoms with Crippen LogP contribution in [0.15, 0.2) is 56.5 Å². The molecule has 0 saturated heterocycles. The molecule has 6 rings (SSSR count). The normalized spacial score (nSPS) is 17.8. The fourth-order valence-corrected chi connectivity index (χ4v) is 6.74. The summed E-state index contributed by atoms with van der Waals surface area (Å²) in [6.07, 6.45) is -0.148. The summed E-state index contributed by atoms with van der Waals surface area (Å²) in [6, 6.07) is 9.76. The molecule has 41 heavy (non-hydrogen) atoms. The van der Waals surface area contributed by atoms with Crippen LogP contribution in [-0.4, -0.2) is 31.3 Å². The van der Waals surface area contributed by atoms with Gasteiger partial charge in [-0.1, -0.05) is 26.0 Å². The van der Waals surface area contributed by atoms with Gasteiger partial charge >= 0.3 is 0 Å². The van der Waals surface area contributed by atoms with Crippen LogP contribution in [0.25, 0.3) is 38.5 Å². The van der Waals surface area contributed by atoms with Crippen molar-refractivity contribution in [3.63, 3.8) is 0 Å². The van der Waals surface area contributed by atoms with Crippen molar-refractivity contribution >= 4 is 44.3 Å². The number of benzene rings is 4. The van der Waals surface area contributed by atoms with Crippen LogP contribution < -0.4 is 16.1 Å². The topological polar surface area (TPSA) is 165 Å². The molecular weight excluding hydrogens is 528 g/mol. The molecule has 1 heterocycles. The summed E-state index contributed by atoms with van der Waals surface area (Å²) in [5, 5.41) is 53.9. The molecule has 0 bridgehead atoms. The van der Waals surface area contributed by atoms with Gasteiger partial charge < -0.3 is 29.9 Å². The highest BCUT2D eigenvalue weighted by Crippen LogP contribution is 2.54. The molecule has 208 valence electrons. The number of aliphatic hydroxyl groups is 1. The van der Waals surface area contributed by atoms with Crippen molar-refractivity contribution in [2.45, 2.75) is 39.0 Å². The fraction of sp³-hybridized carbons (Fsp3) is 0.219. The van der Waals surface area contributed by atoms with Crippen LogP contribution in [-0.2, 0) is 0 Å². The summed E-state index contributed by atoms with van der Waals surface area (Å²) in [6.45, 7) is 4.85. The van der Waals surface area contributed by atoms with E-state index in [9.17, 15) is 39.9 Å². The molecule has 0 radical (unpaired) electrons. The molecule has 0 fully saturated rings. The predicted octanol–water partition coefficient (Wildman–Crippen LogP) is 4.80. The molecule has 0 unspecified atom stereocenters. The van der Waals surface area contributed by atoms with Crippen LogP contribution in [0.3, 0.4) is 0 Å². The number of carbonyl (C=O) groups excluding carboxylic acids is 1. The lowest BCUT2D eigenvalue weighted by Crippen LogP contribution is -2.26. The maximum absolute atomic E-state index is 13.4. The molecule has 0 aliphatic heterocycles. The zero-order chi connectivity index (χ0) is 29.5. The number of hydrogen-bond acceptors (Lipinski definition) is 9. The molecule has 9 nitrogen and oxygen atoms in total. The number of rotatable bonds is 4. The number of phenolic OH excluding ortho intramolecular Hbond substituents is 4. The third-order valence-electron chi connectivity index (χ3n) is 8.35. The van der Waals surface area contributed by atoms with Crippen molar-refractivity contribution in [2.75, 3.05) is 0 Å². The molecule has 0 amide bonds. The first-order valence-electron chi connectivity index (χ1n) is 13.1. The minimum atomic E-state index is -0.625. The summed E-state index contributed by atoms with van der Waals surface area (Å²) >= 11 is 0. The van der Waals surface area contributed by atoms with Crippen molar-refractivity contribution in [1.29, 1.82) is 0 Å². The summed E-state index contributed by atoms with van der Waals surface area (Å²) in [7, 11) is 0. The Morgan fingerprint density at radius 3 is 2.17 bits per heavy atom. The summed E-state index contributed by atoms with van der Waals surface area (Å²) in [4.78, 5) is 40.0. The largest absolute Gasteiger partial charge is 0.512 e. The SMILES string of the molecule is C/C(O)=c1\c(O)c2c3c(c1O)c(=O)cc1oc4cccc(=O)c4c(c13)[C@H]([C@H](C)CC(=O)c1c(O)cccc1O)[C@H]2C. The van der Waals surface area contributed by atoms with Crippen LogP contribution in [0, 0.1) is 5.92 Å². The van der Waals surface area contributed by atoms with E-state index in [0.29, 0.717) is 10.9 Å². The van der Waals surface area contributed by atoms with Crippen molar-refractivity contribution in [2.24, 2.45) is 5.92 Å². The fourth-order valence-electron chi connectivity index (χ4n) is 6.74. The van der Waals surface area contributed by atoms with Crippen molar-refractivity contribution in [3.8, 4) is 23.0 Å². The Balaban J connectivity index is 1.74. The van der Waals surface area contributed by atoms with Gasteiger partial charge in [0, 0.05) is 28.8 Å². The van der Waals surface area contributed by atoms with Crippen LogP contribution >= 0.6 is 0 Å². The maximum atomic E-state index is 13.4. The summed E-state index contributed by atoms with van der Waals surface area (Å²) in [5.41, 5.74) is 0.000694. The molecule has 4 aromatic carbocycles. The molecule has 3 atom stereocenters. The zero-order valence-corrected chi connectivity index (χ0v) is 22.3. The van der Waals surface area contributed by atoms with E-state index in [4.69, 9.17) is 4.42 Å². The van der Waals surface area contributed by atoms with Crippen LogP contribution in [0.4, 0.5) is 0 Å². The van der Waals surface area contributed by atoms with Gasteiger partial charge in [-0.25, -0.2) is 0 Å². The number of hydrogen-bond donors (Lipinski definition) is 5. The highest BCUT2D eigenvalue weighted by atomic mass is 16.3. The molecule has 1 aliphatic carbocycles. The number of carbonyl (C=O) groups is 1. The van der Waals surface area contributed by atoms with Gasteiger partial charge in [-0.3, -0.25) is 14.4 Å². The Morgan fingerprint density at radius 2 is 1.51 bits per heavy atom. The van der Waals surface area contributed by atoms with Gasteiger partial charge in [-0.2, -0.15) is 0 Å². The van der Waals surface area contributed by atoms with Crippen molar-refractivity contribution < 1.29 is 34.7 Å². The van der Waals surface area contributed by atoms with E-state index in [2.05, 4.69) is 0 Å². The van der Waals surface area contributed by atoms with Crippen LogP contribution in [0.1, 0.15) is 60.5 Å². The Morgan fingerprint density at radius 1 is 0.854 bits per heavy atom. The second kappa shape index (κ2) is 8.99. The molecular formula is C32H26O9. The smallest absolute Gasteiger partial charge is 0.193 e. The van der Waals surface area contributed by atoms with Gasteiger partial charge in [0.1, 0.15) is 45.5 Å². The van der Waals surface area contributed by atoms with E-state index >= 15 is 0 Å². The van der Waals surface area contributed by atoms with Gasteiger partial charge in [0.15, 0.2) is 16.6 Å².